The molecule has 0 saturated carbocycles. The molecule has 0 aliphatic rings. The van der Waals surface area contributed by atoms with Gasteiger partial charge in [-0.1, -0.05) is 0 Å². The van der Waals surface area contributed by atoms with Gasteiger partial charge in [0.05, 0.1) is 6.10 Å². The highest BCUT2D eigenvalue weighted by Crippen LogP contribution is 2.13. The van der Waals surface area contributed by atoms with E-state index >= 15 is 0 Å². The van der Waals surface area contributed by atoms with E-state index in [2.05, 4.69) is 0 Å². The zero-order valence-electron chi connectivity index (χ0n) is 7.00. The van der Waals surface area contributed by atoms with Crippen LogP contribution in [0, 0.1) is 0 Å². The van der Waals surface area contributed by atoms with E-state index in [1.54, 1.807) is 6.92 Å². The quantitative estimate of drug-likeness (QED) is 0.621. The van der Waals surface area contributed by atoms with Crippen molar-refractivity contribution in [2.75, 3.05) is 7.11 Å². The molecule has 66 valence electrons. The summed E-state index contributed by atoms with van der Waals surface area (Å²) in [6.45, 7) is 2.96. The van der Waals surface area contributed by atoms with Gasteiger partial charge < -0.3 is 14.9 Å². The highest BCUT2D eigenvalue weighted by Gasteiger charge is 2.31. The van der Waals surface area contributed by atoms with Crippen LogP contribution in [0.1, 0.15) is 20.3 Å². The van der Waals surface area contributed by atoms with E-state index in [-0.39, 0.29) is 12.5 Å². The molecule has 0 fully saturated rings. The molecule has 0 spiro atoms. The molecule has 0 bridgehead atoms. The van der Waals surface area contributed by atoms with Crippen LogP contribution >= 0.6 is 0 Å². The van der Waals surface area contributed by atoms with E-state index in [0.29, 0.717) is 0 Å². The van der Waals surface area contributed by atoms with Crippen LogP contribution < -0.4 is 0 Å². The smallest absolute Gasteiger partial charge is 0.335 e. The van der Waals surface area contributed by atoms with Gasteiger partial charge in [-0.2, -0.15) is 0 Å². The Hall–Kier alpha value is -0.610. The number of methoxy groups -OCH3 is 1. The Balaban J connectivity index is 4.01. The maximum absolute atomic E-state index is 10.4. The van der Waals surface area contributed by atoms with Gasteiger partial charge >= 0.3 is 5.97 Å². The van der Waals surface area contributed by atoms with E-state index in [4.69, 9.17) is 9.84 Å². The molecular weight excluding hydrogens is 148 g/mol. The van der Waals surface area contributed by atoms with Gasteiger partial charge in [0.1, 0.15) is 0 Å². The molecule has 2 atom stereocenters. The first-order valence-electron chi connectivity index (χ1n) is 3.38. The highest BCUT2D eigenvalue weighted by molar-refractivity contribution is 5.76. The van der Waals surface area contributed by atoms with Gasteiger partial charge in [-0.3, -0.25) is 0 Å². The Bertz CT molecular complexity index is 141. The van der Waals surface area contributed by atoms with Gasteiger partial charge in [-0.25, -0.2) is 4.79 Å². The lowest BCUT2D eigenvalue weighted by molar-refractivity contribution is -0.159. The second-order valence-corrected chi connectivity index (χ2v) is 2.83. The first-order chi connectivity index (χ1) is 4.90. The molecule has 0 aromatic rings. The second kappa shape index (κ2) is 3.69. The monoisotopic (exact) mass is 162 g/mol. The lowest BCUT2D eigenvalue weighted by Crippen LogP contribution is -2.38. The third kappa shape index (κ3) is 3.34. The summed E-state index contributed by atoms with van der Waals surface area (Å²) in [7, 11) is 1.47. The number of aliphatic carboxylic acids is 1. The van der Waals surface area contributed by atoms with Crippen molar-refractivity contribution in [1.82, 2.24) is 0 Å². The largest absolute Gasteiger partial charge is 0.479 e. The summed E-state index contributed by atoms with van der Waals surface area (Å²) >= 11 is 0. The van der Waals surface area contributed by atoms with Crippen LogP contribution in [0.15, 0.2) is 0 Å². The van der Waals surface area contributed by atoms with E-state index in [1.807, 2.05) is 0 Å². The van der Waals surface area contributed by atoms with Crippen molar-refractivity contribution in [3.63, 3.8) is 0 Å². The number of carboxylic acid groups (broad SMARTS) is 1. The molecule has 0 aromatic carbocycles. The molecule has 4 nitrogen and oxygen atoms in total. The fraction of sp³-hybridized carbons (Fsp3) is 0.857. The Kier molecular flexibility index (Phi) is 3.48. The van der Waals surface area contributed by atoms with Crippen LogP contribution in [-0.2, 0) is 9.53 Å². The molecule has 0 amide bonds. The number of rotatable bonds is 4. The van der Waals surface area contributed by atoms with Crippen molar-refractivity contribution >= 4 is 5.97 Å². The molecule has 0 rings (SSSR count). The van der Waals surface area contributed by atoms with Gasteiger partial charge in [0.25, 0.3) is 0 Å². The first kappa shape index (κ1) is 10.4. The van der Waals surface area contributed by atoms with E-state index in [1.165, 1.54) is 14.0 Å². The number of hydrogen-bond donors (Lipinski definition) is 2. The number of hydrogen-bond acceptors (Lipinski definition) is 3. The number of carbonyl (C=O) groups is 1. The Morgan fingerprint density at radius 1 is 1.73 bits per heavy atom. The molecule has 0 aromatic heterocycles. The van der Waals surface area contributed by atoms with E-state index in [0.717, 1.165) is 0 Å². The minimum absolute atomic E-state index is 0.0961. The van der Waals surface area contributed by atoms with Crippen LogP contribution in [0.5, 0.6) is 0 Å². The molecule has 11 heavy (non-hydrogen) atoms. The zero-order chi connectivity index (χ0) is 9.07. The highest BCUT2D eigenvalue weighted by atomic mass is 16.5. The minimum Gasteiger partial charge on any atom is -0.479 e. The van der Waals surface area contributed by atoms with Gasteiger partial charge in [-0.05, 0) is 13.8 Å². The van der Waals surface area contributed by atoms with Crippen LogP contribution in [0.4, 0.5) is 0 Å². The van der Waals surface area contributed by atoms with E-state index < -0.39 is 11.6 Å². The van der Waals surface area contributed by atoms with Crippen molar-refractivity contribution in [1.29, 1.82) is 0 Å². The average Bonchev–Trinajstić information content (AvgIpc) is 1.86. The van der Waals surface area contributed by atoms with Crippen molar-refractivity contribution in [3.8, 4) is 0 Å². The summed E-state index contributed by atoms with van der Waals surface area (Å²) < 4.78 is 4.81. The molecule has 0 aliphatic carbocycles. The maximum Gasteiger partial charge on any atom is 0.335 e. The summed E-state index contributed by atoms with van der Waals surface area (Å²) in [6.07, 6.45) is -0.153. The van der Waals surface area contributed by atoms with Crippen molar-refractivity contribution in [2.45, 2.75) is 32.0 Å². The molecule has 0 radical (unpaired) electrons. The Labute approximate surface area is 65.8 Å². The summed E-state index contributed by atoms with van der Waals surface area (Å²) in [6, 6.07) is 0. The van der Waals surface area contributed by atoms with Crippen LogP contribution in [-0.4, -0.2) is 35.0 Å². The summed E-state index contributed by atoms with van der Waals surface area (Å²) in [4.78, 5) is 10.4. The molecule has 0 aliphatic heterocycles. The third-order valence-electron chi connectivity index (χ3n) is 1.55. The fourth-order valence-electron chi connectivity index (χ4n) is 0.730. The van der Waals surface area contributed by atoms with Crippen molar-refractivity contribution in [2.24, 2.45) is 0 Å². The predicted molar refractivity (Wildman–Crippen MR) is 39.3 cm³/mol. The Morgan fingerprint density at radius 2 is 2.18 bits per heavy atom. The minimum atomic E-state index is -1.69. The topological polar surface area (TPSA) is 66.8 Å². The predicted octanol–water partition coefficient (Wildman–Crippen LogP) is 0.247. The maximum atomic E-state index is 10.4. The number of ether oxygens (including phenoxy) is 1. The van der Waals surface area contributed by atoms with Crippen LogP contribution in [0.25, 0.3) is 0 Å². The number of aliphatic hydroxyl groups is 1. The van der Waals surface area contributed by atoms with Crippen LogP contribution in [0.3, 0.4) is 0 Å². The second-order valence-electron chi connectivity index (χ2n) is 2.83. The standard InChI is InChI=1S/C7H14O4/c1-5(11-3)4-7(2,10)6(8)9/h5,10H,4H2,1-3H3,(H,8,9). The normalized spacial score (nSPS) is 18.9. The van der Waals surface area contributed by atoms with Crippen LogP contribution in [0.2, 0.25) is 0 Å². The summed E-state index contributed by atoms with van der Waals surface area (Å²) in [5.74, 6) is -1.22. The van der Waals surface area contributed by atoms with Crippen molar-refractivity contribution < 1.29 is 19.7 Å². The average molecular weight is 162 g/mol. The van der Waals surface area contributed by atoms with Crippen molar-refractivity contribution in [3.05, 3.63) is 0 Å². The molecule has 4 heteroatoms. The molecule has 0 heterocycles. The molecule has 2 N–H and O–H groups in total. The van der Waals surface area contributed by atoms with Gasteiger partial charge in [0.15, 0.2) is 5.60 Å². The van der Waals surface area contributed by atoms with Gasteiger partial charge in [-0.15, -0.1) is 0 Å². The first-order valence-corrected chi connectivity index (χ1v) is 3.38. The number of carboxylic acids is 1. The lowest BCUT2D eigenvalue weighted by Gasteiger charge is -2.20. The third-order valence-corrected chi connectivity index (χ3v) is 1.55. The lowest BCUT2D eigenvalue weighted by atomic mass is 10.00. The molecular formula is C7H14O4. The van der Waals surface area contributed by atoms with Gasteiger partial charge in [0, 0.05) is 13.5 Å². The molecule has 0 saturated heterocycles. The Morgan fingerprint density at radius 3 is 2.45 bits per heavy atom. The fourth-order valence-corrected chi connectivity index (χ4v) is 0.730. The van der Waals surface area contributed by atoms with E-state index in [9.17, 15) is 9.90 Å². The molecule has 2 unspecified atom stereocenters. The summed E-state index contributed by atoms with van der Waals surface area (Å²) in [5.41, 5.74) is -1.69. The zero-order valence-corrected chi connectivity index (χ0v) is 7.00. The SMILES string of the molecule is COC(C)CC(C)(O)C(=O)O. The summed E-state index contributed by atoms with van der Waals surface area (Å²) in [5, 5.41) is 17.7. The van der Waals surface area contributed by atoms with Gasteiger partial charge in [0.2, 0.25) is 0 Å².